The molecule has 5 nitrogen and oxygen atoms in total. The van der Waals surface area contributed by atoms with Crippen molar-refractivity contribution < 1.29 is 32.8 Å². The number of thiol groups is 1. The van der Waals surface area contributed by atoms with Gasteiger partial charge in [-0.3, -0.25) is 4.79 Å². The maximum absolute atomic E-state index is 15.7. The standard InChI is InChI=1S/C23H28F2O5S/c1-12-8-9-16-13(2)19(23(24,25)18(26)14-6-4-5-7-17(14)31)27-20-22(16)15(12)10-11-21(3,28-20)29-30-22/h4-7,12-13,15-16,19-20,31H,8-11H2,1-3H3/t12-,13+,15+,16+,19+,20-,21-,22-/m1/s1. The fourth-order valence-corrected chi connectivity index (χ4v) is 6.56. The van der Waals surface area contributed by atoms with Crippen LogP contribution in [0.2, 0.25) is 0 Å². The minimum atomic E-state index is -3.74. The van der Waals surface area contributed by atoms with Gasteiger partial charge in [0.2, 0.25) is 11.6 Å². The summed E-state index contributed by atoms with van der Waals surface area (Å²) in [4.78, 5) is 24.9. The van der Waals surface area contributed by atoms with Crippen LogP contribution in [0.15, 0.2) is 29.2 Å². The summed E-state index contributed by atoms with van der Waals surface area (Å²) in [6.07, 6.45) is 0.351. The summed E-state index contributed by atoms with van der Waals surface area (Å²) in [6, 6.07) is 6.10. The number of benzene rings is 1. The van der Waals surface area contributed by atoms with Crippen molar-refractivity contribution in [3.8, 4) is 0 Å². The first-order chi connectivity index (χ1) is 14.6. The van der Waals surface area contributed by atoms with Crippen LogP contribution in [0.5, 0.6) is 0 Å². The Balaban J connectivity index is 1.54. The van der Waals surface area contributed by atoms with Gasteiger partial charge in [0, 0.05) is 22.8 Å². The fraction of sp³-hybridized carbons (Fsp3) is 0.696. The van der Waals surface area contributed by atoms with Crippen LogP contribution in [0, 0.1) is 23.7 Å². The Morgan fingerprint density at radius 2 is 1.87 bits per heavy atom. The smallest absolute Gasteiger partial charge is 0.335 e. The number of rotatable bonds is 3. The molecule has 5 aliphatic rings. The maximum Gasteiger partial charge on any atom is 0.335 e. The molecule has 0 radical (unpaired) electrons. The highest BCUT2D eigenvalue weighted by atomic mass is 32.1. The van der Waals surface area contributed by atoms with Crippen LogP contribution in [-0.4, -0.2) is 35.5 Å². The normalized spacial score (nSPS) is 44.5. The van der Waals surface area contributed by atoms with Gasteiger partial charge >= 0.3 is 5.92 Å². The molecule has 8 atom stereocenters. The molecule has 1 saturated carbocycles. The van der Waals surface area contributed by atoms with Crippen molar-refractivity contribution in [2.24, 2.45) is 23.7 Å². The van der Waals surface area contributed by atoms with E-state index in [4.69, 9.17) is 19.2 Å². The average molecular weight is 455 g/mol. The third-order valence-corrected chi connectivity index (χ3v) is 8.36. The third-order valence-electron chi connectivity index (χ3n) is 7.97. The summed E-state index contributed by atoms with van der Waals surface area (Å²) in [7, 11) is 0. The summed E-state index contributed by atoms with van der Waals surface area (Å²) >= 11 is 4.20. The zero-order valence-corrected chi connectivity index (χ0v) is 18.7. The molecule has 6 rings (SSSR count). The van der Waals surface area contributed by atoms with Gasteiger partial charge in [0.05, 0.1) is 0 Å². The molecule has 0 unspecified atom stereocenters. The number of carbonyl (C=O) groups excluding carboxylic acids is 1. The van der Waals surface area contributed by atoms with Gasteiger partial charge in [-0.2, -0.15) is 8.78 Å². The molecule has 170 valence electrons. The molecule has 1 spiro atoms. The van der Waals surface area contributed by atoms with Crippen LogP contribution < -0.4 is 0 Å². The van der Waals surface area contributed by atoms with E-state index in [0.717, 1.165) is 12.8 Å². The van der Waals surface area contributed by atoms with Crippen molar-refractivity contribution in [3.63, 3.8) is 0 Å². The average Bonchev–Trinajstić information content (AvgIpc) is 2.96. The Morgan fingerprint density at radius 3 is 2.61 bits per heavy atom. The van der Waals surface area contributed by atoms with E-state index in [-0.39, 0.29) is 22.3 Å². The predicted octanol–water partition coefficient (Wildman–Crippen LogP) is 5.04. The minimum Gasteiger partial charge on any atom is -0.339 e. The van der Waals surface area contributed by atoms with Crippen LogP contribution in [0.1, 0.15) is 56.8 Å². The first-order valence-electron chi connectivity index (χ1n) is 11.0. The highest BCUT2D eigenvalue weighted by Gasteiger charge is 2.72. The van der Waals surface area contributed by atoms with Gasteiger partial charge < -0.3 is 9.47 Å². The van der Waals surface area contributed by atoms with Crippen LogP contribution in [0.3, 0.4) is 0 Å². The second-order valence-electron chi connectivity index (χ2n) is 9.80. The van der Waals surface area contributed by atoms with Gasteiger partial charge in [-0.05, 0) is 50.0 Å². The number of fused-ring (bicyclic) bond motifs is 2. The second kappa shape index (κ2) is 7.22. The lowest BCUT2D eigenvalue weighted by atomic mass is 9.57. The van der Waals surface area contributed by atoms with Gasteiger partial charge in [-0.25, -0.2) is 9.78 Å². The zero-order valence-electron chi connectivity index (χ0n) is 17.8. The number of ketones is 1. The molecule has 2 bridgehead atoms. The van der Waals surface area contributed by atoms with Crippen molar-refractivity contribution in [1.82, 2.24) is 0 Å². The van der Waals surface area contributed by atoms with Crippen molar-refractivity contribution in [2.45, 2.75) is 81.1 Å². The first kappa shape index (κ1) is 21.8. The summed E-state index contributed by atoms with van der Waals surface area (Å²) in [5.41, 5.74) is -1.05. The van der Waals surface area contributed by atoms with Gasteiger partial charge in [0.1, 0.15) is 6.10 Å². The molecule has 4 saturated heterocycles. The Morgan fingerprint density at radius 1 is 1.13 bits per heavy atom. The number of alkyl halides is 2. The lowest BCUT2D eigenvalue weighted by Crippen LogP contribution is -2.72. The zero-order chi connectivity index (χ0) is 22.2. The lowest BCUT2D eigenvalue weighted by molar-refractivity contribution is -0.573. The highest BCUT2D eigenvalue weighted by Crippen LogP contribution is 2.61. The highest BCUT2D eigenvalue weighted by molar-refractivity contribution is 7.80. The molecule has 1 aliphatic carbocycles. The molecule has 0 aromatic heterocycles. The van der Waals surface area contributed by atoms with Crippen molar-refractivity contribution in [2.75, 3.05) is 0 Å². The fourth-order valence-electron chi connectivity index (χ4n) is 6.29. The molecule has 1 aromatic carbocycles. The Bertz CT molecular complexity index is 896. The SMILES string of the molecule is C[C@@H]1[C@@H](C(F)(F)C(=O)c2ccccc2S)O[C@@H]2O[C@@]3(C)CC[C@H]4[C@H](C)CC[C@@H]1[C@@]24OO3. The van der Waals surface area contributed by atoms with Gasteiger partial charge in [0.15, 0.2) is 11.9 Å². The van der Waals surface area contributed by atoms with Crippen LogP contribution in [0.25, 0.3) is 0 Å². The van der Waals surface area contributed by atoms with Gasteiger partial charge in [-0.1, -0.05) is 32.0 Å². The Hall–Kier alpha value is -1.06. The van der Waals surface area contributed by atoms with E-state index in [1.165, 1.54) is 12.1 Å². The molecule has 0 N–H and O–H groups in total. The first-order valence-corrected chi connectivity index (χ1v) is 11.5. The van der Waals surface area contributed by atoms with Gasteiger partial charge in [0.25, 0.3) is 0 Å². The third kappa shape index (κ3) is 3.05. The molecular formula is C23H28F2O5S. The van der Waals surface area contributed by atoms with E-state index < -0.39 is 41.4 Å². The maximum atomic E-state index is 15.7. The molecule has 4 heterocycles. The number of halogens is 2. The van der Waals surface area contributed by atoms with Gasteiger partial charge in [-0.15, -0.1) is 12.6 Å². The van der Waals surface area contributed by atoms with E-state index in [2.05, 4.69) is 19.6 Å². The molecule has 31 heavy (non-hydrogen) atoms. The van der Waals surface area contributed by atoms with Crippen molar-refractivity contribution in [1.29, 1.82) is 0 Å². The van der Waals surface area contributed by atoms with Crippen LogP contribution in [-0.2, 0) is 19.2 Å². The van der Waals surface area contributed by atoms with E-state index in [0.29, 0.717) is 18.8 Å². The topological polar surface area (TPSA) is 54.0 Å². The summed E-state index contributed by atoms with van der Waals surface area (Å²) < 4.78 is 43.5. The molecule has 1 aromatic rings. The summed E-state index contributed by atoms with van der Waals surface area (Å²) in [5.74, 6) is -6.58. The van der Waals surface area contributed by atoms with E-state index in [1.807, 2.05) is 0 Å². The molecule has 5 fully saturated rings. The molecule has 4 aliphatic heterocycles. The minimum absolute atomic E-state index is 0.0754. The number of hydrogen-bond acceptors (Lipinski definition) is 6. The quantitative estimate of drug-likeness (QED) is 0.394. The number of carbonyl (C=O) groups is 1. The number of ether oxygens (including phenoxy) is 2. The van der Waals surface area contributed by atoms with Crippen LogP contribution >= 0.6 is 12.6 Å². The van der Waals surface area contributed by atoms with E-state index in [1.54, 1.807) is 26.0 Å². The van der Waals surface area contributed by atoms with Crippen molar-refractivity contribution >= 4 is 18.4 Å². The summed E-state index contributed by atoms with van der Waals surface area (Å²) in [5, 5.41) is 0. The largest absolute Gasteiger partial charge is 0.339 e. The van der Waals surface area contributed by atoms with E-state index in [9.17, 15) is 4.79 Å². The second-order valence-corrected chi connectivity index (χ2v) is 10.3. The van der Waals surface area contributed by atoms with Crippen molar-refractivity contribution in [3.05, 3.63) is 29.8 Å². The Kier molecular flexibility index (Phi) is 5.07. The molecule has 0 amide bonds. The van der Waals surface area contributed by atoms with Crippen LogP contribution in [0.4, 0.5) is 8.78 Å². The van der Waals surface area contributed by atoms with E-state index >= 15 is 8.78 Å². The monoisotopic (exact) mass is 454 g/mol. The lowest BCUT2D eigenvalue weighted by Gasteiger charge is -2.60. The Labute approximate surface area is 186 Å². The number of hydrogen-bond donors (Lipinski definition) is 1. The molecule has 8 heteroatoms. The predicted molar refractivity (Wildman–Crippen MR) is 110 cm³/mol. The number of Topliss-reactive ketones (excluding diaryl/α,β-unsaturated/α-hetero) is 1. The molecular weight excluding hydrogens is 426 g/mol. The summed E-state index contributed by atoms with van der Waals surface area (Å²) in [6.45, 7) is 5.63.